The van der Waals surface area contributed by atoms with Crippen LogP contribution in [0.3, 0.4) is 0 Å². The molecule has 0 heterocycles. The lowest BCUT2D eigenvalue weighted by Gasteiger charge is -2.17. The van der Waals surface area contributed by atoms with Gasteiger partial charge in [-0.1, -0.05) is 12.1 Å². The highest BCUT2D eigenvalue weighted by Crippen LogP contribution is 2.22. The molecule has 0 aromatic heterocycles. The second-order valence-electron chi connectivity index (χ2n) is 3.86. The van der Waals surface area contributed by atoms with Gasteiger partial charge in [0.1, 0.15) is 0 Å². The van der Waals surface area contributed by atoms with Crippen molar-refractivity contribution in [3.8, 4) is 0 Å². The molecule has 15 heavy (non-hydrogen) atoms. The van der Waals surface area contributed by atoms with Crippen LogP contribution < -0.4 is 11.1 Å². The number of nitrogen functional groups attached to an aromatic ring is 1. The van der Waals surface area contributed by atoms with Crippen molar-refractivity contribution in [3.63, 3.8) is 0 Å². The largest absolute Gasteiger partial charge is 0.397 e. The lowest BCUT2D eigenvalue weighted by Crippen LogP contribution is -2.18. The summed E-state index contributed by atoms with van der Waals surface area (Å²) in [7, 11) is 1.72. The van der Waals surface area contributed by atoms with Crippen molar-refractivity contribution in [2.24, 2.45) is 0 Å². The van der Waals surface area contributed by atoms with E-state index >= 15 is 0 Å². The molecular weight excluding hydrogens is 188 g/mol. The fourth-order valence-electron chi connectivity index (χ4n) is 1.44. The molecule has 1 unspecified atom stereocenters. The molecule has 1 aromatic rings. The molecule has 0 bridgehead atoms. The number of nitrogens with one attached hydrogen (secondary N) is 1. The quantitative estimate of drug-likeness (QED) is 0.730. The minimum Gasteiger partial charge on any atom is -0.397 e. The van der Waals surface area contributed by atoms with Crippen molar-refractivity contribution in [2.75, 3.05) is 24.8 Å². The van der Waals surface area contributed by atoms with Gasteiger partial charge in [0.25, 0.3) is 0 Å². The summed E-state index contributed by atoms with van der Waals surface area (Å²) in [6.45, 7) is 4.90. The van der Waals surface area contributed by atoms with Crippen molar-refractivity contribution >= 4 is 11.4 Å². The Bertz CT molecular complexity index is 312. The summed E-state index contributed by atoms with van der Waals surface area (Å²) in [5, 5.41) is 3.38. The Labute approximate surface area is 91.6 Å². The van der Waals surface area contributed by atoms with E-state index in [9.17, 15) is 0 Å². The number of methoxy groups -OCH3 is 1. The minimum atomic E-state index is 0.369. The third kappa shape index (κ3) is 3.44. The molecule has 0 aliphatic carbocycles. The van der Waals surface area contributed by atoms with Gasteiger partial charge in [-0.15, -0.1) is 0 Å². The summed E-state index contributed by atoms with van der Waals surface area (Å²) in [4.78, 5) is 0. The van der Waals surface area contributed by atoms with Crippen LogP contribution in [0, 0.1) is 6.92 Å². The van der Waals surface area contributed by atoms with E-state index in [1.807, 2.05) is 25.1 Å². The Kier molecular flexibility index (Phi) is 4.43. The van der Waals surface area contributed by atoms with Gasteiger partial charge in [-0.05, 0) is 31.9 Å². The normalized spacial score (nSPS) is 12.5. The molecule has 0 aliphatic heterocycles. The van der Waals surface area contributed by atoms with E-state index in [1.165, 1.54) is 0 Å². The first-order valence-electron chi connectivity index (χ1n) is 5.25. The van der Waals surface area contributed by atoms with Crippen LogP contribution in [0.1, 0.15) is 18.9 Å². The smallest absolute Gasteiger partial charge is 0.0579 e. The monoisotopic (exact) mass is 208 g/mol. The van der Waals surface area contributed by atoms with Crippen LogP contribution in [-0.4, -0.2) is 19.8 Å². The van der Waals surface area contributed by atoms with Crippen molar-refractivity contribution in [1.82, 2.24) is 0 Å². The second-order valence-corrected chi connectivity index (χ2v) is 3.86. The van der Waals surface area contributed by atoms with Crippen LogP contribution >= 0.6 is 0 Å². The van der Waals surface area contributed by atoms with Crippen LogP contribution in [0.5, 0.6) is 0 Å². The van der Waals surface area contributed by atoms with Crippen molar-refractivity contribution < 1.29 is 4.74 Å². The molecule has 0 aliphatic rings. The van der Waals surface area contributed by atoms with E-state index in [4.69, 9.17) is 10.5 Å². The molecule has 3 N–H and O–H groups in total. The number of anilines is 2. The summed E-state index contributed by atoms with van der Waals surface area (Å²) in [5.41, 5.74) is 8.92. The van der Waals surface area contributed by atoms with Crippen LogP contribution in [0.2, 0.25) is 0 Å². The summed E-state index contributed by atoms with van der Waals surface area (Å²) < 4.78 is 5.03. The summed E-state index contributed by atoms with van der Waals surface area (Å²) in [6, 6.07) is 6.40. The summed E-state index contributed by atoms with van der Waals surface area (Å²) in [5.74, 6) is 0. The molecule has 0 saturated heterocycles. The summed E-state index contributed by atoms with van der Waals surface area (Å²) >= 11 is 0. The molecule has 1 aromatic carbocycles. The van der Waals surface area contributed by atoms with Gasteiger partial charge in [0, 0.05) is 19.8 Å². The average Bonchev–Trinajstić information content (AvgIpc) is 2.22. The van der Waals surface area contributed by atoms with Gasteiger partial charge < -0.3 is 15.8 Å². The first kappa shape index (κ1) is 11.9. The van der Waals surface area contributed by atoms with Crippen LogP contribution in [0.15, 0.2) is 18.2 Å². The first-order valence-corrected chi connectivity index (χ1v) is 5.25. The van der Waals surface area contributed by atoms with E-state index in [0.717, 1.165) is 30.0 Å². The number of benzene rings is 1. The Morgan fingerprint density at radius 2 is 2.20 bits per heavy atom. The highest BCUT2D eigenvalue weighted by Gasteiger charge is 2.05. The number of hydrogen-bond donors (Lipinski definition) is 2. The molecular formula is C12H20N2O. The maximum atomic E-state index is 5.97. The molecule has 0 radical (unpaired) electrons. The van der Waals surface area contributed by atoms with E-state index < -0.39 is 0 Å². The van der Waals surface area contributed by atoms with Gasteiger partial charge in [0.2, 0.25) is 0 Å². The maximum Gasteiger partial charge on any atom is 0.0579 e. The second kappa shape index (κ2) is 5.61. The third-order valence-corrected chi connectivity index (χ3v) is 2.48. The first-order chi connectivity index (χ1) is 7.15. The van der Waals surface area contributed by atoms with Crippen molar-refractivity contribution in [1.29, 1.82) is 0 Å². The van der Waals surface area contributed by atoms with E-state index in [0.29, 0.717) is 6.04 Å². The zero-order valence-corrected chi connectivity index (χ0v) is 9.71. The fraction of sp³-hybridized carbons (Fsp3) is 0.500. The van der Waals surface area contributed by atoms with Crippen molar-refractivity contribution in [2.45, 2.75) is 26.3 Å². The Morgan fingerprint density at radius 3 is 2.87 bits per heavy atom. The number of nitrogens with two attached hydrogens (primary N) is 1. The maximum absolute atomic E-state index is 5.97. The van der Waals surface area contributed by atoms with Gasteiger partial charge in [-0.25, -0.2) is 0 Å². The molecule has 3 heteroatoms. The highest BCUT2D eigenvalue weighted by molar-refractivity contribution is 5.69. The number of rotatable bonds is 5. The number of para-hydroxylation sites is 1. The highest BCUT2D eigenvalue weighted by atomic mass is 16.5. The van der Waals surface area contributed by atoms with Gasteiger partial charge in [-0.2, -0.15) is 0 Å². The zero-order valence-electron chi connectivity index (χ0n) is 9.71. The van der Waals surface area contributed by atoms with Crippen LogP contribution in [-0.2, 0) is 4.74 Å². The van der Waals surface area contributed by atoms with Crippen LogP contribution in [0.4, 0.5) is 11.4 Å². The molecule has 84 valence electrons. The van der Waals surface area contributed by atoms with Gasteiger partial charge in [0.15, 0.2) is 0 Å². The number of ether oxygens (including phenoxy) is 1. The number of hydrogen-bond acceptors (Lipinski definition) is 3. The predicted octanol–water partition coefficient (Wildman–Crippen LogP) is 2.41. The summed E-state index contributed by atoms with van der Waals surface area (Å²) in [6.07, 6.45) is 0.976. The van der Waals surface area contributed by atoms with Crippen LogP contribution in [0.25, 0.3) is 0 Å². The topological polar surface area (TPSA) is 47.3 Å². The molecule has 3 nitrogen and oxygen atoms in total. The predicted molar refractivity (Wildman–Crippen MR) is 65.2 cm³/mol. The molecule has 0 spiro atoms. The molecule has 0 fully saturated rings. The average molecular weight is 208 g/mol. The molecule has 1 rings (SSSR count). The lowest BCUT2D eigenvalue weighted by molar-refractivity contribution is 0.191. The lowest BCUT2D eigenvalue weighted by atomic mass is 10.1. The number of aryl methyl sites for hydroxylation is 1. The Hall–Kier alpha value is -1.22. The SMILES string of the molecule is COCCC(C)Nc1cccc(C)c1N. The minimum absolute atomic E-state index is 0.369. The van der Waals surface area contributed by atoms with E-state index in [1.54, 1.807) is 7.11 Å². The van der Waals surface area contributed by atoms with Crippen molar-refractivity contribution in [3.05, 3.63) is 23.8 Å². The molecule has 0 saturated carbocycles. The Balaban J connectivity index is 2.60. The van der Waals surface area contributed by atoms with E-state index in [2.05, 4.69) is 12.2 Å². The van der Waals surface area contributed by atoms with Gasteiger partial charge in [0.05, 0.1) is 11.4 Å². The fourth-order valence-corrected chi connectivity index (χ4v) is 1.44. The van der Waals surface area contributed by atoms with E-state index in [-0.39, 0.29) is 0 Å². The third-order valence-electron chi connectivity index (χ3n) is 2.48. The van der Waals surface area contributed by atoms with Gasteiger partial charge in [-0.3, -0.25) is 0 Å². The van der Waals surface area contributed by atoms with Gasteiger partial charge >= 0.3 is 0 Å². The zero-order chi connectivity index (χ0) is 11.3. The standard InChI is InChI=1S/C12H20N2O/c1-9-5-4-6-11(12(9)13)14-10(2)7-8-15-3/h4-6,10,14H,7-8,13H2,1-3H3. The molecule has 0 amide bonds. The Morgan fingerprint density at radius 1 is 1.47 bits per heavy atom. The molecule has 1 atom stereocenters.